The van der Waals surface area contributed by atoms with Crippen molar-refractivity contribution in [1.82, 2.24) is 13.9 Å². The van der Waals surface area contributed by atoms with E-state index in [-0.39, 0.29) is 28.8 Å². The van der Waals surface area contributed by atoms with Crippen molar-refractivity contribution in [2.45, 2.75) is 49.3 Å². The van der Waals surface area contributed by atoms with Crippen LogP contribution in [0.3, 0.4) is 0 Å². The van der Waals surface area contributed by atoms with E-state index < -0.39 is 20.0 Å². The lowest BCUT2D eigenvalue weighted by atomic mass is 10.0. The SMILES string of the molecule is Cc1ccc(S(=O)(=O)N2CCC(C)CC2)cc1C(=O)NCCOc1ccc(S(=O)(=O)N2CCCC2)cc1. The van der Waals surface area contributed by atoms with Crippen LogP contribution in [-0.2, 0) is 20.0 Å². The number of aryl methyl sites for hydroxylation is 1. The van der Waals surface area contributed by atoms with Gasteiger partial charge in [-0.05, 0) is 80.5 Å². The minimum atomic E-state index is -3.66. The largest absolute Gasteiger partial charge is 0.492 e. The summed E-state index contributed by atoms with van der Waals surface area (Å²) in [5.41, 5.74) is 0.988. The van der Waals surface area contributed by atoms with Crippen molar-refractivity contribution in [1.29, 1.82) is 0 Å². The van der Waals surface area contributed by atoms with Crippen LogP contribution in [0, 0.1) is 12.8 Å². The summed E-state index contributed by atoms with van der Waals surface area (Å²) in [7, 11) is -7.13. The molecule has 11 heteroatoms. The van der Waals surface area contributed by atoms with Crippen LogP contribution in [0.15, 0.2) is 52.3 Å². The minimum Gasteiger partial charge on any atom is -0.492 e. The molecule has 0 bridgehead atoms. The molecule has 2 aliphatic rings. The number of hydrogen-bond acceptors (Lipinski definition) is 6. The third-order valence-corrected chi connectivity index (χ3v) is 10.8. The Morgan fingerprint density at radius 2 is 1.46 bits per heavy atom. The number of nitrogens with one attached hydrogen (secondary N) is 1. The van der Waals surface area contributed by atoms with Gasteiger partial charge in [-0.2, -0.15) is 8.61 Å². The molecule has 0 radical (unpaired) electrons. The fourth-order valence-corrected chi connectivity index (χ4v) is 7.61. The van der Waals surface area contributed by atoms with E-state index in [1.54, 1.807) is 31.2 Å². The number of sulfonamides is 2. The predicted molar refractivity (Wildman–Crippen MR) is 141 cm³/mol. The van der Waals surface area contributed by atoms with Crippen molar-refractivity contribution in [2.75, 3.05) is 39.3 Å². The molecule has 0 unspecified atom stereocenters. The Hall–Kier alpha value is -2.47. The van der Waals surface area contributed by atoms with Crippen molar-refractivity contribution in [3.63, 3.8) is 0 Å². The first kappa shape index (κ1) is 27.6. The molecule has 2 heterocycles. The van der Waals surface area contributed by atoms with Gasteiger partial charge in [0, 0.05) is 31.7 Å². The van der Waals surface area contributed by atoms with E-state index in [1.807, 2.05) is 0 Å². The van der Waals surface area contributed by atoms with Crippen LogP contribution in [0.1, 0.15) is 48.5 Å². The normalized spacial score (nSPS) is 18.1. The lowest BCUT2D eigenvalue weighted by molar-refractivity contribution is 0.0946. The summed E-state index contributed by atoms with van der Waals surface area (Å²) in [5.74, 6) is 0.626. The molecule has 37 heavy (non-hydrogen) atoms. The third-order valence-electron chi connectivity index (χ3n) is 7.02. The molecular formula is C26H35N3O6S2. The first-order chi connectivity index (χ1) is 17.6. The first-order valence-corrected chi connectivity index (χ1v) is 15.6. The summed E-state index contributed by atoms with van der Waals surface area (Å²) in [6.07, 6.45) is 3.41. The number of rotatable bonds is 9. The molecule has 2 aliphatic heterocycles. The zero-order valence-electron chi connectivity index (χ0n) is 21.4. The topological polar surface area (TPSA) is 113 Å². The van der Waals surface area contributed by atoms with Gasteiger partial charge in [0.05, 0.1) is 16.3 Å². The van der Waals surface area contributed by atoms with Crippen LogP contribution in [0.5, 0.6) is 5.75 Å². The lowest BCUT2D eigenvalue weighted by Gasteiger charge is -2.29. The van der Waals surface area contributed by atoms with Gasteiger partial charge in [-0.3, -0.25) is 4.79 Å². The van der Waals surface area contributed by atoms with Gasteiger partial charge in [-0.15, -0.1) is 0 Å². The summed E-state index contributed by atoms with van der Waals surface area (Å²) >= 11 is 0. The molecule has 2 aromatic rings. The van der Waals surface area contributed by atoms with Crippen molar-refractivity contribution in [3.05, 3.63) is 53.6 Å². The van der Waals surface area contributed by atoms with Crippen LogP contribution in [0.2, 0.25) is 0 Å². The van der Waals surface area contributed by atoms with Gasteiger partial charge in [-0.1, -0.05) is 13.0 Å². The number of carbonyl (C=O) groups excluding carboxylic acids is 1. The van der Waals surface area contributed by atoms with Crippen molar-refractivity contribution >= 4 is 26.0 Å². The Bertz CT molecular complexity index is 1310. The molecule has 1 N–H and O–H groups in total. The Kier molecular flexibility index (Phi) is 8.57. The summed E-state index contributed by atoms with van der Waals surface area (Å²) < 4.78 is 60.1. The van der Waals surface area contributed by atoms with Gasteiger partial charge in [0.25, 0.3) is 5.91 Å². The van der Waals surface area contributed by atoms with E-state index in [0.717, 1.165) is 25.7 Å². The molecule has 202 valence electrons. The van der Waals surface area contributed by atoms with Gasteiger partial charge < -0.3 is 10.1 Å². The maximum atomic E-state index is 13.1. The van der Waals surface area contributed by atoms with Crippen LogP contribution in [0.4, 0.5) is 0 Å². The fourth-order valence-electron chi connectivity index (χ4n) is 4.59. The highest BCUT2D eigenvalue weighted by atomic mass is 32.2. The number of carbonyl (C=O) groups is 1. The van der Waals surface area contributed by atoms with E-state index in [4.69, 9.17) is 4.74 Å². The molecule has 2 fully saturated rings. The molecule has 2 saturated heterocycles. The summed E-state index contributed by atoms with van der Waals surface area (Å²) in [4.78, 5) is 13.2. The Morgan fingerprint density at radius 1 is 0.892 bits per heavy atom. The van der Waals surface area contributed by atoms with Crippen LogP contribution in [0.25, 0.3) is 0 Å². The Morgan fingerprint density at radius 3 is 2.11 bits per heavy atom. The summed E-state index contributed by atoms with van der Waals surface area (Å²) in [5, 5.41) is 2.77. The average Bonchev–Trinajstić information content (AvgIpc) is 3.43. The maximum absolute atomic E-state index is 13.1. The van der Waals surface area contributed by atoms with Crippen molar-refractivity contribution < 1.29 is 26.4 Å². The minimum absolute atomic E-state index is 0.123. The lowest BCUT2D eigenvalue weighted by Crippen LogP contribution is -2.38. The summed E-state index contributed by atoms with van der Waals surface area (Å²) in [6, 6.07) is 10.9. The molecule has 2 aromatic carbocycles. The first-order valence-electron chi connectivity index (χ1n) is 12.7. The monoisotopic (exact) mass is 549 g/mol. The van der Waals surface area contributed by atoms with Gasteiger partial charge >= 0.3 is 0 Å². The maximum Gasteiger partial charge on any atom is 0.251 e. The second-order valence-electron chi connectivity index (χ2n) is 9.75. The van der Waals surface area contributed by atoms with Crippen LogP contribution in [-0.4, -0.2) is 70.7 Å². The van der Waals surface area contributed by atoms with Gasteiger partial charge in [0.1, 0.15) is 12.4 Å². The zero-order chi connectivity index (χ0) is 26.6. The highest BCUT2D eigenvalue weighted by molar-refractivity contribution is 7.89. The second kappa shape index (κ2) is 11.5. The zero-order valence-corrected chi connectivity index (χ0v) is 23.0. The number of nitrogens with zero attached hydrogens (tertiary/aromatic N) is 2. The molecule has 0 aliphatic carbocycles. The van der Waals surface area contributed by atoms with Gasteiger partial charge in [-0.25, -0.2) is 16.8 Å². The molecule has 9 nitrogen and oxygen atoms in total. The molecule has 4 rings (SSSR count). The number of piperidine rings is 1. The smallest absolute Gasteiger partial charge is 0.251 e. The Balaban J connectivity index is 1.32. The second-order valence-corrected chi connectivity index (χ2v) is 13.6. The van der Waals surface area contributed by atoms with Crippen LogP contribution < -0.4 is 10.1 Å². The number of ether oxygens (including phenoxy) is 1. The van der Waals surface area contributed by atoms with E-state index in [1.165, 1.54) is 26.8 Å². The number of benzene rings is 2. The van der Waals surface area contributed by atoms with Crippen molar-refractivity contribution in [3.8, 4) is 5.75 Å². The Labute approximate surface area is 219 Å². The fraction of sp³-hybridized carbons (Fsp3) is 0.500. The van der Waals surface area contributed by atoms with E-state index in [9.17, 15) is 21.6 Å². The molecule has 1 amide bonds. The summed E-state index contributed by atoms with van der Waals surface area (Å²) in [6.45, 7) is 6.33. The number of hydrogen-bond donors (Lipinski definition) is 1. The third kappa shape index (κ3) is 6.34. The predicted octanol–water partition coefficient (Wildman–Crippen LogP) is 3.01. The van der Waals surface area contributed by atoms with E-state index in [0.29, 0.717) is 49.0 Å². The van der Waals surface area contributed by atoms with Crippen LogP contribution >= 0.6 is 0 Å². The number of amides is 1. The standard InChI is InChI=1S/C26H35N3O6S2/c1-20-11-16-29(17-12-20)37(33,34)24-8-5-21(2)25(19-24)26(30)27-13-18-35-22-6-9-23(10-7-22)36(31,32)28-14-3-4-15-28/h5-10,19-20H,3-4,11-18H2,1-2H3,(H,27,30). The highest BCUT2D eigenvalue weighted by Gasteiger charge is 2.29. The average molecular weight is 550 g/mol. The quantitative estimate of drug-likeness (QED) is 0.481. The van der Waals surface area contributed by atoms with E-state index in [2.05, 4.69) is 12.2 Å². The molecule has 0 aromatic heterocycles. The van der Waals surface area contributed by atoms with E-state index >= 15 is 0 Å². The van der Waals surface area contributed by atoms with Gasteiger partial charge in [0.2, 0.25) is 20.0 Å². The van der Waals surface area contributed by atoms with Crippen molar-refractivity contribution in [2.24, 2.45) is 5.92 Å². The molecule has 0 saturated carbocycles. The molecular weight excluding hydrogens is 514 g/mol. The highest BCUT2D eigenvalue weighted by Crippen LogP contribution is 2.25. The molecule has 0 atom stereocenters. The molecule has 0 spiro atoms. The van der Waals surface area contributed by atoms with Gasteiger partial charge in [0.15, 0.2) is 0 Å².